The number of anilines is 2. The summed E-state index contributed by atoms with van der Waals surface area (Å²) in [5.41, 5.74) is 11.5. The minimum atomic E-state index is -0.615. The number of hydrogen-bond acceptors (Lipinski definition) is 11. The van der Waals surface area contributed by atoms with Gasteiger partial charge in [0.15, 0.2) is 17.1 Å². The standard InChI is InChI=1S/C24H24N8O5S/c25-1-2-28-24-30-15(18(21(26)34)22-27-3-4-32(22)24)9-13-11-29-23(38-13)14-12-36-20-16(33)10-17(37-19(14)20)31-5-7-35-8-6-31/h3-4,10-12H,1-2,5-9,25H2,(H2,26,34)(H,28,30)/p+1. The maximum atomic E-state index is 12.7. The molecular formula is C24H25N8O5S+. The third kappa shape index (κ3) is 4.27. The first-order chi connectivity index (χ1) is 18.5. The Balaban J connectivity index is 1.36. The highest BCUT2D eigenvalue weighted by atomic mass is 32.1. The Morgan fingerprint density at radius 2 is 2.08 bits per heavy atom. The minimum Gasteiger partial charge on any atom is -0.456 e. The van der Waals surface area contributed by atoms with Crippen LogP contribution in [0.25, 0.3) is 27.4 Å². The van der Waals surface area contributed by atoms with E-state index in [0.29, 0.717) is 85.1 Å². The minimum absolute atomic E-state index is 0.136. The van der Waals surface area contributed by atoms with Gasteiger partial charge < -0.3 is 35.3 Å². The van der Waals surface area contributed by atoms with Crippen molar-refractivity contribution in [1.82, 2.24) is 19.4 Å². The fourth-order valence-electron chi connectivity index (χ4n) is 4.43. The van der Waals surface area contributed by atoms with E-state index in [-0.39, 0.29) is 16.6 Å². The monoisotopic (exact) mass is 537 g/mol. The molecule has 1 amide bonds. The molecule has 13 nitrogen and oxygen atoms in total. The third-order valence-corrected chi connectivity index (χ3v) is 7.24. The van der Waals surface area contributed by atoms with Crippen LogP contribution in [-0.2, 0) is 11.2 Å². The van der Waals surface area contributed by atoms with Crippen LogP contribution >= 0.6 is 11.3 Å². The van der Waals surface area contributed by atoms with E-state index in [2.05, 4.69) is 21.0 Å². The number of hydrogen-bond donors (Lipinski definition) is 3. The molecule has 1 saturated heterocycles. The van der Waals surface area contributed by atoms with Crippen LogP contribution in [0.5, 0.6) is 0 Å². The number of ether oxygens (including phenoxy) is 1. The van der Waals surface area contributed by atoms with Crippen molar-refractivity contribution in [2.75, 3.05) is 49.6 Å². The first kappa shape index (κ1) is 24.1. The molecule has 6 rings (SSSR count). The zero-order valence-corrected chi connectivity index (χ0v) is 21.1. The van der Waals surface area contributed by atoms with E-state index in [9.17, 15) is 9.59 Å². The lowest BCUT2D eigenvalue weighted by Crippen LogP contribution is -2.53. The number of nitrogens with two attached hydrogens (primary N) is 1. The highest BCUT2D eigenvalue weighted by Gasteiger charge is 2.23. The normalized spacial score (nSPS) is 14.0. The van der Waals surface area contributed by atoms with Crippen LogP contribution in [0, 0.1) is 0 Å². The molecule has 0 atom stereocenters. The highest BCUT2D eigenvalue weighted by Crippen LogP contribution is 2.35. The molecule has 5 aromatic rings. The van der Waals surface area contributed by atoms with Gasteiger partial charge in [-0.2, -0.15) is 0 Å². The number of morpholine rings is 1. The van der Waals surface area contributed by atoms with E-state index in [0.717, 1.165) is 4.88 Å². The van der Waals surface area contributed by atoms with Crippen molar-refractivity contribution in [2.45, 2.75) is 6.42 Å². The molecule has 0 aromatic carbocycles. The van der Waals surface area contributed by atoms with E-state index in [1.165, 1.54) is 23.7 Å². The molecule has 14 heteroatoms. The summed E-state index contributed by atoms with van der Waals surface area (Å²) in [6, 6.07) is 1.44. The van der Waals surface area contributed by atoms with Gasteiger partial charge >= 0.3 is 0 Å². The number of thiazole rings is 1. The summed E-state index contributed by atoms with van der Waals surface area (Å²) < 4.78 is 18.8. The lowest BCUT2D eigenvalue weighted by molar-refractivity contribution is -0.362. The second kappa shape index (κ2) is 9.89. The smallest absolute Gasteiger partial charge is 0.254 e. The number of imidazole rings is 1. The van der Waals surface area contributed by atoms with E-state index in [4.69, 9.17) is 24.3 Å². The van der Waals surface area contributed by atoms with Gasteiger partial charge in [-0.05, 0) is 0 Å². The zero-order valence-electron chi connectivity index (χ0n) is 20.3. The Hall–Kier alpha value is -4.27. The third-order valence-electron chi connectivity index (χ3n) is 6.21. The maximum Gasteiger partial charge on any atom is 0.254 e. The number of primary amides is 1. The molecule has 0 spiro atoms. The van der Waals surface area contributed by atoms with Gasteiger partial charge in [0.25, 0.3) is 5.91 Å². The van der Waals surface area contributed by atoms with Gasteiger partial charge in [0.1, 0.15) is 16.8 Å². The molecule has 1 aliphatic rings. The Morgan fingerprint density at radius 3 is 2.87 bits per heavy atom. The fraction of sp³-hybridized carbons (Fsp3) is 0.292. The number of rotatable bonds is 8. The van der Waals surface area contributed by atoms with E-state index >= 15 is 0 Å². The van der Waals surface area contributed by atoms with Crippen molar-refractivity contribution in [2.24, 2.45) is 5.73 Å². The Bertz CT molecular complexity index is 1700. The summed E-state index contributed by atoms with van der Waals surface area (Å²) in [4.78, 5) is 41.5. The number of carbonyl (C=O) groups is 1. The quantitative estimate of drug-likeness (QED) is 0.255. The number of furan rings is 1. The first-order valence-corrected chi connectivity index (χ1v) is 12.9. The van der Waals surface area contributed by atoms with Crippen molar-refractivity contribution in [3.8, 4) is 10.6 Å². The van der Waals surface area contributed by atoms with Crippen LogP contribution in [0.1, 0.15) is 20.9 Å². The summed E-state index contributed by atoms with van der Waals surface area (Å²) in [6.07, 6.45) is 6.80. The molecule has 38 heavy (non-hydrogen) atoms. The number of nitrogens with zero attached hydrogens (tertiary/aromatic N) is 5. The number of amides is 1. The number of aromatic nitrogens is 4. The highest BCUT2D eigenvalue weighted by molar-refractivity contribution is 7.15. The summed E-state index contributed by atoms with van der Waals surface area (Å²) in [7, 11) is 0. The number of quaternary nitrogens is 1. The Kier molecular flexibility index (Phi) is 6.27. The molecular weight excluding hydrogens is 512 g/mol. The van der Waals surface area contributed by atoms with Gasteiger partial charge in [0, 0.05) is 43.0 Å². The molecule has 6 N–H and O–H groups in total. The topological polar surface area (TPSA) is 182 Å². The molecule has 5 aromatic heterocycles. The zero-order chi connectivity index (χ0) is 26.2. The molecule has 1 aliphatic heterocycles. The van der Waals surface area contributed by atoms with Gasteiger partial charge in [-0.15, -0.1) is 11.3 Å². The maximum absolute atomic E-state index is 12.7. The number of nitrogens with one attached hydrogen (secondary N) is 1. The lowest BCUT2D eigenvalue weighted by atomic mass is 10.1. The molecule has 196 valence electrons. The second-order valence-electron chi connectivity index (χ2n) is 8.69. The molecule has 0 radical (unpaired) electrons. The first-order valence-electron chi connectivity index (χ1n) is 12.1. The van der Waals surface area contributed by atoms with Gasteiger partial charge in [0.2, 0.25) is 17.0 Å². The number of fused-ring (bicyclic) bond motifs is 2. The SMILES string of the molecule is NC(=O)c1c(Cc2cnc(-c3coc4c(=O)cc(N5CCOCC5)oc34)s2)nc(NCC[NH3+])n2ccnc12. The van der Waals surface area contributed by atoms with E-state index in [1.807, 2.05) is 4.90 Å². The van der Waals surface area contributed by atoms with Gasteiger partial charge in [0.05, 0.1) is 43.6 Å². The summed E-state index contributed by atoms with van der Waals surface area (Å²) in [6.45, 7) is 3.65. The summed E-state index contributed by atoms with van der Waals surface area (Å²) >= 11 is 1.38. The largest absolute Gasteiger partial charge is 0.456 e. The number of carbonyl (C=O) groups excluding carboxylic acids is 1. The van der Waals surface area contributed by atoms with Crippen LogP contribution in [0.3, 0.4) is 0 Å². The van der Waals surface area contributed by atoms with Crippen LogP contribution in [0.15, 0.2) is 44.5 Å². The molecule has 6 heterocycles. The van der Waals surface area contributed by atoms with Gasteiger partial charge in [-0.1, -0.05) is 0 Å². The summed E-state index contributed by atoms with van der Waals surface area (Å²) in [5.74, 6) is 0.398. The average Bonchev–Trinajstić information content (AvgIpc) is 3.67. The molecule has 0 bridgehead atoms. The average molecular weight is 538 g/mol. The van der Waals surface area contributed by atoms with Crippen molar-refractivity contribution < 1.29 is 24.1 Å². The molecule has 1 fully saturated rings. The molecule has 0 saturated carbocycles. The predicted molar refractivity (Wildman–Crippen MR) is 139 cm³/mol. The molecule has 0 unspecified atom stereocenters. The van der Waals surface area contributed by atoms with Crippen LogP contribution < -0.4 is 27.1 Å². The lowest BCUT2D eigenvalue weighted by Gasteiger charge is -2.26. The van der Waals surface area contributed by atoms with Crippen molar-refractivity contribution in [1.29, 1.82) is 0 Å². The van der Waals surface area contributed by atoms with Crippen LogP contribution in [-0.4, -0.2) is 64.7 Å². The van der Waals surface area contributed by atoms with E-state index in [1.54, 1.807) is 23.0 Å². The van der Waals surface area contributed by atoms with Gasteiger partial charge in [-0.3, -0.25) is 14.0 Å². The molecule has 0 aliphatic carbocycles. The fourth-order valence-corrected chi connectivity index (χ4v) is 5.35. The van der Waals surface area contributed by atoms with Crippen molar-refractivity contribution in [3.63, 3.8) is 0 Å². The second-order valence-corrected chi connectivity index (χ2v) is 9.80. The summed E-state index contributed by atoms with van der Waals surface area (Å²) in [5, 5.41) is 3.83. The van der Waals surface area contributed by atoms with Crippen LogP contribution in [0.4, 0.5) is 11.8 Å². The van der Waals surface area contributed by atoms with Crippen molar-refractivity contribution >= 4 is 45.9 Å². The van der Waals surface area contributed by atoms with Crippen molar-refractivity contribution in [3.05, 3.63) is 57.3 Å². The Labute approximate surface area is 219 Å². The van der Waals surface area contributed by atoms with Crippen LogP contribution in [0.2, 0.25) is 0 Å². The van der Waals surface area contributed by atoms with E-state index < -0.39 is 5.91 Å². The van der Waals surface area contributed by atoms with Gasteiger partial charge in [-0.25, -0.2) is 15.0 Å². The predicted octanol–water partition coefficient (Wildman–Crippen LogP) is 0.732. The Morgan fingerprint density at radius 1 is 1.24 bits per heavy atom.